The minimum atomic E-state index is -0.380. The smallest absolute Gasteiger partial charge is 0.235 e. The third-order valence-electron chi connectivity index (χ3n) is 8.08. The maximum atomic E-state index is 13.1. The molecule has 0 radical (unpaired) electrons. The van der Waals surface area contributed by atoms with Gasteiger partial charge in [-0.2, -0.15) is 0 Å². The molecule has 2 atom stereocenters. The van der Waals surface area contributed by atoms with Crippen LogP contribution < -0.4 is 0 Å². The van der Waals surface area contributed by atoms with Crippen molar-refractivity contribution >= 4 is 11.8 Å². The normalized spacial score (nSPS) is 30.2. The van der Waals surface area contributed by atoms with E-state index in [2.05, 4.69) is 60.9 Å². The number of piperazine rings is 1. The number of amides is 2. The minimum absolute atomic E-state index is 0.00623. The van der Waals surface area contributed by atoms with Crippen molar-refractivity contribution in [2.45, 2.75) is 46.6 Å². The van der Waals surface area contributed by atoms with Gasteiger partial charge in [0.25, 0.3) is 0 Å². The van der Waals surface area contributed by atoms with E-state index in [1.165, 1.54) is 5.56 Å². The number of likely N-dealkylation sites (tertiary alicyclic amines) is 1. The summed E-state index contributed by atoms with van der Waals surface area (Å²) in [7, 11) is 0. The quantitative estimate of drug-likeness (QED) is 0.692. The van der Waals surface area contributed by atoms with Gasteiger partial charge in [-0.25, -0.2) is 0 Å². The maximum absolute atomic E-state index is 13.1. The summed E-state index contributed by atoms with van der Waals surface area (Å²) < 4.78 is 0. The number of hydrogen-bond donors (Lipinski definition) is 0. The predicted molar refractivity (Wildman–Crippen MR) is 114 cm³/mol. The van der Waals surface area contributed by atoms with Crippen LogP contribution in [-0.2, 0) is 16.1 Å². The number of rotatable bonds is 6. The topological polar surface area (TPSA) is 43.9 Å². The van der Waals surface area contributed by atoms with E-state index in [1.807, 2.05) is 0 Å². The maximum Gasteiger partial charge on any atom is 0.235 e. The van der Waals surface area contributed by atoms with Gasteiger partial charge in [0, 0.05) is 45.2 Å². The van der Waals surface area contributed by atoms with E-state index >= 15 is 0 Å². The lowest BCUT2D eigenvalue weighted by Gasteiger charge is -2.47. The average molecular weight is 398 g/mol. The van der Waals surface area contributed by atoms with E-state index in [4.69, 9.17) is 0 Å². The molecule has 1 aromatic carbocycles. The number of nitrogens with zero attached hydrogens (tertiary/aromatic N) is 3. The largest absolute Gasteiger partial charge is 0.301 e. The third kappa shape index (κ3) is 3.64. The van der Waals surface area contributed by atoms with Gasteiger partial charge >= 0.3 is 0 Å². The number of imide groups is 1. The lowest BCUT2D eigenvalue weighted by molar-refractivity contribution is -0.167. The fraction of sp³-hybridized carbons (Fsp3) is 0.667. The van der Waals surface area contributed by atoms with Gasteiger partial charge in [0.2, 0.25) is 11.8 Å². The van der Waals surface area contributed by atoms with Gasteiger partial charge < -0.3 is 4.90 Å². The molecule has 29 heavy (non-hydrogen) atoms. The molecule has 2 amide bonds. The predicted octanol–water partition coefficient (Wildman–Crippen LogP) is 3.01. The first-order valence-electron chi connectivity index (χ1n) is 11.2. The minimum Gasteiger partial charge on any atom is -0.301 e. The number of benzene rings is 1. The lowest BCUT2D eigenvalue weighted by Crippen LogP contribution is -2.59. The Bertz CT molecular complexity index is 755. The van der Waals surface area contributed by atoms with Gasteiger partial charge in [0.05, 0.1) is 5.41 Å². The highest BCUT2D eigenvalue weighted by atomic mass is 16.2. The van der Waals surface area contributed by atoms with E-state index in [9.17, 15) is 9.59 Å². The highest BCUT2D eigenvalue weighted by Gasteiger charge is 2.64. The Morgan fingerprint density at radius 3 is 2.28 bits per heavy atom. The molecule has 0 N–H and O–H groups in total. The first-order chi connectivity index (χ1) is 13.8. The Morgan fingerprint density at radius 2 is 1.59 bits per heavy atom. The molecule has 2 aliphatic heterocycles. The van der Waals surface area contributed by atoms with Crippen molar-refractivity contribution in [2.75, 3.05) is 39.3 Å². The lowest BCUT2D eigenvalue weighted by atomic mass is 9.62. The van der Waals surface area contributed by atoms with Crippen molar-refractivity contribution in [3.63, 3.8) is 0 Å². The van der Waals surface area contributed by atoms with Gasteiger partial charge in [0.15, 0.2) is 0 Å². The summed E-state index contributed by atoms with van der Waals surface area (Å²) in [5.74, 6) is 0.142. The van der Waals surface area contributed by atoms with Crippen LogP contribution in [0.5, 0.6) is 0 Å². The van der Waals surface area contributed by atoms with Crippen molar-refractivity contribution in [2.24, 2.45) is 16.7 Å². The zero-order valence-electron chi connectivity index (χ0n) is 18.2. The summed E-state index contributed by atoms with van der Waals surface area (Å²) in [4.78, 5) is 32.6. The standard InChI is InChI=1S/C24H35N3O2/c1-23(2)20-10-11-24(23,3)22(29)27(21(20)28)13-7-12-25-14-16-26(17-15-25)18-19-8-5-4-6-9-19/h4-6,8-9,20H,7,10-18H2,1-3H3/t20-,24-/m0/s1. The molecule has 0 aromatic heterocycles. The van der Waals surface area contributed by atoms with E-state index in [0.717, 1.165) is 58.5 Å². The molecular formula is C24H35N3O2. The number of carbonyl (C=O) groups is 2. The Labute approximate surface area is 175 Å². The van der Waals surface area contributed by atoms with Crippen LogP contribution in [0.4, 0.5) is 0 Å². The summed E-state index contributed by atoms with van der Waals surface area (Å²) in [6.45, 7) is 13.1. The second kappa shape index (κ2) is 7.84. The molecule has 2 saturated heterocycles. The fourth-order valence-corrected chi connectivity index (χ4v) is 5.58. The number of piperidine rings is 1. The zero-order chi connectivity index (χ0) is 20.6. The summed E-state index contributed by atoms with van der Waals surface area (Å²) in [5.41, 5.74) is 0.774. The van der Waals surface area contributed by atoms with Gasteiger partial charge in [-0.15, -0.1) is 0 Å². The molecule has 1 aliphatic carbocycles. The van der Waals surface area contributed by atoms with Crippen molar-refractivity contribution in [1.82, 2.24) is 14.7 Å². The van der Waals surface area contributed by atoms with Crippen molar-refractivity contribution in [3.05, 3.63) is 35.9 Å². The van der Waals surface area contributed by atoms with Crippen LogP contribution in [0.2, 0.25) is 0 Å². The number of carbonyl (C=O) groups excluding carboxylic acids is 2. The zero-order valence-corrected chi connectivity index (χ0v) is 18.2. The summed E-state index contributed by atoms with van der Waals surface area (Å²) >= 11 is 0. The van der Waals surface area contributed by atoms with Crippen LogP contribution in [0.3, 0.4) is 0 Å². The summed E-state index contributed by atoms with van der Waals surface area (Å²) in [6, 6.07) is 10.6. The molecule has 5 heteroatoms. The first kappa shape index (κ1) is 20.5. The Kier molecular flexibility index (Phi) is 5.56. The average Bonchev–Trinajstić information content (AvgIpc) is 2.90. The SMILES string of the molecule is CC1(C)[C@H]2CC[C@@]1(C)C(=O)N(CCCN1CCN(Cc3ccccc3)CC1)C2=O. The van der Waals surface area contributed by atoms with Gasteiger partial charge in [0.1, 0.15) is 0 Å². The Hall–Kier alpha value is -1.72. The van der Waals surface area contributed by atoms with Gasteiger partial charge in [-0.1, -0.05) is 51.1 Å². The van der Waals surface area contributed by atoms with E-state index < -0.39 is 0 Å². The molecule has 2 heterocycles. The molecule has 2 bridgehead atoms. The molecule has 1 aromatic rings. The fourth-order valence-electron chi connectivity index (χ4n) is 5.58. The van der Waals surface area contributed by atoms with Crippen LogP contribution in [0.15, 0.2) is 30.3 Å². The monoisotopic (exact) mass is 397 g/mol. The highest BCUT2D eigenvalue weighted by Crippen LogP contribution is 2.60. The Balaban J connectivity index is 1.24. The summed E-state index contributed by atoms with van der Waals surface area (Å²) in [6.07, 6.45) is 2.57. The van der Waals surface area contributed by atoms with E-state index in [-0.39, 0.29) is 28.6 Å². The van der Waals surface area contributed by atoms with Crippen LogP contribution in [0.25, 0.3) is 0 Å². The van der Waals surface area contributed by atoms with Crippen molar-refractivity contribution in [1.29, 1.82) is 0 Å². The molecule has 158 valence electrons. The van der Waals surface area contributed by atoms with Crippen LogP contribution >= 0.6 is 0 Å². The summed E-state index contributed by atoms with van der Waals surface area (Å²) in [5, 5.41) is 0. The van der Waals surface area contributed by atoms with Crippen molar-refractivity contribution in [3.8, 4) is 0 Å². The molecule has 3 aliphatic rings. The van der Waals surface area contributed by atoms with E-state index in [0.29, 0.717) is 6.54 Å². The molecule has 4 rings (SSSR count). The third-order valence-corrected chi connectivity index (χ3v) is 8.08. The molecule has 0 spiro atoms. The van der Waals surface area contributed by atoms with Crippen LogP contribution in [0, 0.1) is 16.7 Å². The molecule has 0 unspecified atom stereocenters. The van der Waals surface area contributed by atoms with Crippen LogP contribution in [0.1, 0.15) is 45.6 Å². The second-order valence-electron chi connectivity index (χ2n) is 9.90. The molecule has 3 fully saturated rings. The Morgan fingerprint density at radius 1 is 0.931 bits per heavy atom. The molecule has 5 nitrogen and oxygen atoms in total. The molecule has 1 saturated carbocycles. The molecular weight excluding hydrogens is 362 g/mol. The highest BCUT2D eigenvalue weighted by molar-refractivity contribution is 6.03. The van der Waals surface area contributed by atoms with E-state index in [1.54, 1.807) is 4.90 Å². The number of hydrogen-bond acceptors (Lipinski definition) is 4. The van der Waals surface area contributed by atoms with Gasteiger partial charge in [-0.3, -0.25) is 19.4 Å². The van der Waals surface area contributed by atoms with Gasteiger partial charge in [-0.05, 0) is 36.8 Å². The number of fused-ring (bicyclic) bond motifs is 2. The van der Waals surface area contributed by atoms with Crippen LogP contribution in [-0.4, -0.2) is 65.8 Å². The van der Waals surface area contributed by atoms with Crippen molar-refractivity contribution < 1.29 is 9.59 Å². The first-order valence-corrected chi connectivity index (χ1v) is 11.2. The second-order valence-corrected chi connectivity index (χ2v) is 9.90.